The number of phenolic OH excluding ortho intramolecular Hbond substituents is 1. The molecule has 3 aromatic rings. The molecule has 2 nitrogen and oxygen atoms in total. The zero-order valence-electron chi connectivity index (χ0n) is 13.4. The van der Waals surface area contributed by atoms with Gasteiger partial charge in [0.1, 0.15) is 17.6 Å². The molecule has 1 atom stereocenters. The van der Waals surface area contributed by atoms with Crippen LogP contribution in [-0.4, -0.2) is 5.11 Å². The molecule has 0 fully saturated rings. The van der Waals surface area contributed by atoms with E-state index in [1.54, 1.807) is 12.1 Å². The first-order valence-corrected chi connectivity index (χ1v) is 7.74. The summed E-state index contributed by atoms with van der Waals surface area (Å²) in [5, 5.41) is 9.35. The van der Waals surface area contributed by atoms with Gasteiger partial charge in [0.05, 0.1) is 0 Å². The van der Waals surface area contributed by atoms with Crippen molar-refractivity contribution in [2.24, 2.45) is 0 Å². The summed E-state index contributed by atoms with van der Waals surface area (Å²) in [7, 11) is 0. The zero-order valence-corrected chi connectivity index (χ0v) is 13.4. The molecule has 3 rings (SSSR count). The summed E-state index contributed by atoms with van der Waals surface area (Å²) >= 11 is 0. The largest absolute Gasteiger partial charge is 0.508 e. The average molecular weight is 304 g/mol. The van der Waals surface area contributed by atoms with Crippen LogP contribution in [0.25, 0.3) is 11.1 Å². The first-order chi connectivity index (χ1) is 11.1. The van der Waals surface area contributed by atoms with E-state index in [2.05, 4.69) is 38.1 Å². The Morgan fingerprint density at radius 2 is 1.26 bits per heavy atom. The van der Waals surface area contributed by atoms with E-state index in [1.165, 1.54) is 11.1 Å². The minimum absolute atomic E-state index is 0.00937. The minimum atomic E-state index is 0.00937. The number of aromatic hydroxyl groups is 1. The fraction of sp³-hybridized carbons (Fsp3) is 0.143. The third-order valence-corrected chi connectivity index (χ3v) is 3.91. The molecule has 0 saturated carbocycles. The Hall–Kier alpha value is -2.74. The lowest BCUT2D eigenvalue weighted by Gasteiger charge is -2.15. The lowest BCUT2D eigenvalue weighted by molar-refractivity contribution is 0.227. The van der Waals surface area contributed by atoms with Crippen LogP contribution in [0, 0.1) is 6.92 Å². The van der Waals surface area contributed by atoms with Gasteiger partial charge in [-0.25, -0.2) is 0 Å². The minimum Gasteiger partial charge on any atom is -0.508 e. The molecule has 1 N–H and O–H groups in total. The van der Waals surface area contributed by atoms with Gasteiger partial charge in [0.25, 0.3) is 0 Å². The van der Waals surface area contributed by atoms with Crippen LogP contribution in [0.3, 0.4) is 0 Å². The van der Waals surface area contributed by atoms with Gasteiger partial charge in [0.15, 0.2) is 0 Å². The highest BCUT2D eigenvalue weighted by Gasteiger charge is 2.07. The third kappa shape index (κ3) is 3.72. The maximum atomic E-state index is 9.35. The van der Waals surface area contributed by atoms with Gasteiger partial charge >= 0.3 is 0 Å². The van der Waals surface area contributed by atoms with E-state index in [9.17, 15) is 5.11 Å². The number of hydrogen-bond acceptors (Lipinski definition) is 2. The first kappa shape index (κ1) is 15.2. The number of benzene rings is 3. The lowest BCUT2D eigenvalue weighted by Crippen LogP contribution is -2.02. The Morgan fingerprint density at radius 3 is 1.83 bits per heavy atom. The summed E-state index contributed by atoms with van der Waals surface area (Å²) in [6, 6.07) is 23.6. The normalized spacial score (nSPS) is 11.9. The smallest absolute Gasteiger partial charge is 0.121 e. The van der Waals surface area contributed by atoms with Crippen molar-refractivity contribution in [2.45, 2.75) is 20.0 Å². The molecule has 0 heterocycles. The SMILES string of the molecule is Cc1ccc(C(C)Oc2ccc(-c3ccc(O)cc3)cc2)cc1. The maximum absolute atomic E-state index is 9.35. The second-order valence-electron chi connectivity index (χ2n) is 5.74. The molecular weight excluding hydrogens is 284 g/mol. The van der Waals surface area contributed by atoms with Crippen molar-refractivity contribution in [1.29, 1.82) is 0 Å². The fourth-order valence-electron chi connectivity index (χ4n) is 2.49. The molecule has 1 unspecified atom stereocenters. The van der Waals surface area contributed by atoms with Crippen molar-refractivity contribution in [3.8, 4) is 22.6 Å². The zero-order chi connectivity index (χ0) is 16.2. The third-order valence-electron chi connectivity index (χ3n) is 3.91. The number of ether oxygens (including phenoxy) is 1. The van der Waals surface area contributed by atoms with Crippen LogP contribution < -0.4 is 4.74 Å². The molecule has 0 bridgehead atoms. The Labute approximate surface area is 137 Å². The Morgan fingerprint density at radius 1 is 0.739 bits per heavy atom. The van der Waals surface area contributed by atoms with Crippen molar-refractivity contribution < 1.29 is 9.84 Å². The second kappa shape index (κ2) is 6.57. The molecule has 0 aliphatic carbocycles. The molecule has 116 valence electrons. The van der Waals surface area contributed by atoms with E-state index in [-0.39, 0.29) is 11.9 Å². The van der Waals surface area contributed by atoms with Gasteiger partial charge in [0.2, 0.25) is 0 Å². The van der Waals surface area contributed by atoms with Gasteiger partial charge in [-0.05, 0) is 54.8 Å². The molecule has 2 heteroatoms. The van der Waals surface area contributed by atoms with Crippen molar-refractivity contribution in [2.75, 3.05) is 0 Å². The number of phenols is 1. The van der Waals surface area contributed by atoms with Gasteiger partial charge in [-0.1, -0.05) is 54.1 Å². The topological polar surface area (TPSA) is 29.5 Å². The van der Waals surface area contributed by atoms with Gasteiger partial charge in [0, 0.05) is 0 Å². The lowest BCUT2D eigenvalue weighted by atomic mass is 10.1. The number of hydrogen-bond donors (Lipinski definition) is 1. The van der Waals surface area contributed by atoms with Crippen molar-refractivity contribution in [3.63, 3.8) is 0 Å². The Balaban J connectivity index is 1.72. The summed E-state index contributed by atoms with van der Waals surface area (Å²) in [6.45, 7) is 4.13. The molecule has 0 radical (unpaired) electrons. The van der Waals surface area contributed by atoms with Crippen LogP contribution in [-0.2, 0) is 0 Å². The van der Waals surface area contributed by atoms with Gasteiger partial charge in [-0.3, -0.25) is 0 Å². The summed E-state index contributed by atoms with van der Waals surface area (Å²) in [4.78, 5) is 0. The highest BCUT2D eigenvalue weighted by atomic mass is 16.5. The summed E-state index contributed by atoms with van der Waals surface area (Å²) in [5.74, 6) is 1.13. The van der Waals surface area contributed by atoms with Crippen LogP contribution in [0.2, 0.25) is 0 Å². The molecular formula is C21H20O2. The molecule has 0 aromatic heterocycles. The number of rotatable bonds is 4. The van der Waals surface area contributed by atoms with Crippen LogP contribution in [0.1, 0.15) is 24.2 Å². The highest BCUT2D eigenvalue weighted by molar-refractivity contribution is 5.64. The summed E-state index contributed by atoms with van der Waals surface area (Å²) in [5.41, 5.74) is 4.58. The quantitative estimate of drug-likeness (QED) is 0.689. The van der Waals surface area contributed by atoms with E-state index < -0.39 is 0 Å². The maximum Gasteiger partial charge on any atom is 0.121 e. The van der Waals surface area contributed by atoms with Crippen molar-refractivity contribution >= 4 is 0 Å². The average Bonchev–Trinajstić information content (AvgIpc) is 2.57. The summed E-state index contributed by atoms with van der Waals surface area (Å²) < 4.78 is 6.01. The van der Waals surface area contributed by atoms with Gasteiger partial charge in [-0.15, -0.1) is 0 Å². The van der Waals surface area contributed by atoms with Gasteiger partial charge in [-0.2, -0.15) is 0 Å². The van der Waals surface area contributed by atoms with E-state index in [0.29, 0.717) is 0 Å². The van der Waals surface area contributed by atoms with E-state index in [1.807, 2.05) is 36.4 Å². The highest BCUT2D eigenvalue weighted by Crippen LogP contribution is 2.26. The Bertz CT molecular complexity index is 756. The molecule has 0 amide bonds. The fourth-order valence-corrected chi connectivity index (χ4v) is 2.49. The predicted molar refractivity (Wildman–Crippen MR) is 93.8 cm³/mol. The standard InChI is InChI=1S/C21H20O2/c1-15-3-5-17(6-4-15)16(2)23-21-13-9-19(10-14-21)18-7-11-20(22)12-8-18/h3-14,16,22H,1-2H3. The van der Waals surface area contributed by atoms with E-state index in [0.717, 1.165) is 16.9 Å². The monoisotopic (exact) mass is 304 g/mol. The molecule has 0 spiro atoms. The Kier molecular flexibility index (Phi) is 4.33. The van der Waals surface area contributed by atoms with Crippen LogP contribution >= 0.6 is 0 Å². The predicted octanol–water partition coefficient (Wildman–Crippen LogP) is 5.51. The van der Waals surface area contributed by atoms with Crippen molar-refractivity contribution in [3.05, 3.63) is 83.9 Å². The van der Waals surface area contributed by atoms with Gasteiger partial charge < -0.3 is 9.84 Å². The van der Waals surface area contributed by atoms with Crippen molar-refractivity contribution in [1.82, 2.24) is 0 Å². The molecule has 0 saturated heterocycles. The van der Waals surface area contributed by atoms with Crippen LogP contribution in [0.5, 0.6) is 11.5 Å². The molecule has 3 aromatic carbocycles. The first-order valence-electron chi connectivity index (χ1n) is 7.74. The second-order valence-corrected chi connectivity index (χ2v) is 5.74. The van der Waals surface area contributed by atoms with Crippen LogP contribution in [0.15, 0.2) is 72.8 Å². The molecule has 23 heavy (non-hydrogen) atoms. The number of aryl methyl sites for hydroxylation is 1. The molecule has 0 aliphatic rings. The summed E-state index contributed by atoms with van der Waals surface area (Å²) in [6.07, 6.45) is 0.00937. The van der Waals surface area contributed by atoms with Crippen LogP contribution in [0.4, 0.5) is 0 Å². The van der Waals surface area contributed by atoms with E-state index >= 15 is 0 Å². The molecule has 0 aliphatic heterocycles. The van der Waals surface area contributed by atoms with E-state index in [4.69, 9.17) is 4.74 Å².